The molecule has 7 nitrogen and oxygen atoms in total. The number of anilines is 1. The molecule has 0 radical (unpaired) electrons. The molecule has 9 heteroatoms. The molecule has 3 aromatic rings. The molecule has 4 rings (SSSR count). The highest BCUT2D eigenvalue weighted by Crippen LogP contribution is 2.21. The number of halogens is 1. The van der Waals surface area contributed by atoms with Crippen LogP contribution in [0.2, 0.25) is 5.02 Å². The topological polar surface area (TPSA) is 70.6 Å². The van der Waals surface area contributed by atoms with Crippen LogP contribution < -0.4 is 15.0 Å². The predicted octanol–water partition coefficient (Wildman–Crippen LogP) is 3.10. The van der Waals surface area contributed by atoms with Crippen LogP contribution in [-0.2, 0) is 11.2 Å². The Hall–Kier alpha value is -2.68. The zero-order valence-corrected chi connectivity index (χ0v) is 19.3. The number of rotatable bonds is 9. The van der Waals surface area contributed by atoms with Gasteiger partial charge in [-0.25, -0.2) is 4.98 Å². The summed E-state index contributed by atoms with van der Waals surface area (Å²) in [5.74, 6) is 1.44. The van der Waals surface area contributed by atoms with Gasteiger partial charge in [-0.05, 0) is 29.8 Å². The van der Waals surface area contributed by atoms with Crippen molar-refractivity contribution in [2.75, 3.05) is 50.8 Å². The van der Waals surface area contributed by atoms with Crippen LogP contribution in [0.15, 0.2) is 54.6 Å². The Labute approximate surface area is 197 Å². The average Bonchev–Trinajstić information content (AvgIpc) is 3.29. The molecule has 1 fully saturated rings. The summed E-state index contributed by atoms with van der Waals surface area (Å²) in [6.07, 6.45) is 0.710. The average molecular weight is 472 g/mol. The van der Waals surface area contributed by atoms with E-state index >= 15 is 0 Å². The molecule has 0 saturated carbocycles. The Morgan fingerprint density at radius 1 is 1.06 bits per heavy atom. The number of aromatic nitrogens is 2. The van der Waals surface area contributed by atoms with Crippen molar-refractivity contribution in [2.24, 2.45) is 0 Å². The number of nitrogens with one attached hydrogen (secondary N) is 1. The van der Waals surface area contributed by atoms with Crippen molar-refractivity contribution in [3.63, 3.8) is 0 Å². The van der Waals surface area contributed by atoms with E-state index < -0.39 is 0 Å². The molecule has 0 atom stereocenters. The predicted molar refractivity (Wildman–Crippen MR) is 128 cm³/mol. The number of amides is 1. The molecule has 1 aliphatic heterocycles. The van der Waals surface area contributed by atoms with E-state index in [1.165, 1.54) is 11.5 Å². The van der Waals surface area contributed by atoms with Gasteiger partial charge in [0.05, 0.1) is 0 Å². The van der Waals surface area contributed by atoms with Gasteiger partial charge in [0.15, 0.2) is 6.61 Å². The maximum atomic E-state index is 12.0. The summed E-state index contributed by atoms with van der Waals surface area (Å²) in [4.78, 5) is 21.3. The third-order valence-corrected chi connectivity index (χ3v) is 6.31. The highest BCUT2D eigenvalue weighted by atomic mass is 35.5. The minimum absolute atomic E-state index is 0.0349. The molecule has 0 aliphatic carbocycles. The van der Waals surface area contributed by atoms with Crippen LogP contribution in [0.5, 0.6) is 5.75 Å². The fourth-order valence-corrected chi connectivity index (χ4v) is 4.33. The number of hydrogen-bond donors (Lipinski definition) is 1. The van der Waals surface area contributed by atoms with E-state index in [0.717, 1.165) is 54.3 Å². The number of hydrogen-bond acceptors (Lipinski definition) is 7. The molecule has 0 unspecified atom stereocenters. The summed E-state index contributed by atoms with van der Waals surface area (Å²) in [6, 6.07) is 17.2. The first-order valence-electron chi connectivity index (χ1n) is 10.6. The molecule has 168 valence electrons. The van der Waals surface area contributed by atoms with Gasteiger partial charge in [-0.3, -0.25) is 9.69 Å². The molecule has 1 N–H and O–H groups in total. The second-order valence-electron chi connectivity index (χ2n) is 7.58. The van der Waals surface area contributed by atoms with Crippen LogP contribution in [0, 0.1) is 0 Å². The van der Waals surface area contributed by atoms with Crippen molar-refractivity contribution in [3.05, 3.63) is 71.0 Å². The second-order valence-corrected chi connectivity index (χ2v) is 8.74. The number of piperazine rings is 1. The van der Waals surface area contributed by atoms with Gasteiger partial charge in [0.25, 0.3) is 5.91 Å². The van der Waals surface area contributed by atoms with E-state index in [9.17, 15) is 4.79 Å². The maximum Gasteiger partial charge on any atom is 0.257 e. The Kier molecular flexibility index (Phi) is 7.92. The Morgan fingerprint density at radius 2 is 1.81 bits per heavy atom. The van der Waals surface area contributed by atoms with Gasteiger partial charge in [0.2, 0.25) is 5.13 Å². The highest BCUT2D eigenvalue weighted by Gasteiger charge is 2.20. The fraction of sp³-hybridized carbons (Fsp3) is 0.348. The van der Waals surface area contributed by atoms with E-state index in [2.05, 4.69) is 19.5 Å². The minimum atomic E-state index is -0.102. The monoisotopic (exact) mass is 471 g/mol. The zero-order chi connectivity index (χ0) is 22.2. The highest BCUT2D eigenvalue weighted by molar-refractivity contribution is 7.09. The fourth-order valence-electron chi connectivity index (χ4n) is 3.46. The van der Waals surface area contributed by atoms with Gasteiger partial charge in [0.1, 0.15) is 11.6 Å². The van der Waals surface area contributed by atoms with Crippen molar-refractivity contribution in [3.8, 4) is 5.75 Å². The number of para-hydroxylation sites is 1. The first kappa shape index (κ1) is 22.5. The standard InChI is InChI=1S/C23H26ClN5O2S/c24-19-8-6-18(7-9-19)16-21-26-23(32-27-21)29-14-12-28(13-15-29)11-10-25-22(30)17-31-20-4-2-1-3-5-20/h1-9H,10-17H2,(H,25,30). The Bertz CT molecular complexity index is 991. The normalized spacial score (nSPS) is 14.3. The molecule has 1 aromatic heterocycles. The van der Waals surface area contributed by atoms with E-state index in [4.69, 9.17) is 21.3 Å². The number of nitrogens with zero attached hydrogens (tertiary/aromatic N) is 4. The van der Waals surface area contributed by atoms with Crippen molar-refractivity contribution >= 4 is 34.2 Å². The Morgan fingerprint density at radius 3 is 2.56 bits per heavy atom. The number of benzene rings is 2. The molecule has 1 saturated heterocycles. The zero-order valence-electron chi connectivity index (χ0n) is 17.7. The largest absolute Gasteiger partial charge is 0.484 e. The smallest absolute Gasteiger partial charge is 0.257 e. The van der Waals surface area contributed by atoms with Crippen molar-refractivity contribution in [2.45, 2.75) is 6.42 Å². The molecule has 1 aliphatic rings. The van der Waals surface area contributed by atoms with Crippen LogP contribution in [0.1, 0.15) is 11.4 Å². The summed E-state index contributed by atoms with van der Waals surface area (Å²) in [5.41, 5.74) is 1.15. The van der Waals surface area contributed by atoms with Crippen LogP contribution in [0.25, 0.3) is 0 Å². The molecule has 32 heavy (non-hydrogen) atoms. The van der Waals surface area contributed by atoms with Gasteiger partial charge < -0.3 is 15.0 Å². The van der Waals surface area contributed by atoms with Gasteiger partial charge in [-0.2, -0.15) is 4.37 Å². The van der Waals surface area contributed by atoms with Crippen LogP contribution in [0.4, 0.5) is 5.13 Å². The molecular formula is C23H26ClN5O2S. The van der Waals surface area contributed by atoms with Crippen molar-refractivity contribution in [1.29, 1.82) is 0 Å². The third-order valence-electron chi connectivity index (χ3n) is 5.24. The minimum Gasteiger partial charge on any atom is -0.484 e. The van der Waals surface area contributed by atoms with Crippen molar-refractivity contribution < 1.29 is 9.53 Å². The lowest BCUT2D eigenvalue weighted by Crippen LogP contribution is -2.48. The van der Waals surface area contributed by atoms with E-state index in [1.54, 1.807) is 0 Å². The quantitative estimate of drug-likeness (QED) is 0.517. The molecule has 2 heterocycles. The van der Waals surface area contributed by atoms with Crippen molar-refractivity contribution in [1.82, 2.24) is 19.6 Å². The van der Waals surface area contributed by atoms with Crippen LogP contribution in [-0.4, -0.2) is 66.0 Å². The van der Waals surface area contributed by atoms with Gasteiger partial charge in [0, 0.05) is 62.2 Å². The Balaban J connectivity index is 1.14. The van der Waals surface area contributed by atoms with E-state index in [0.29, 0.717) is 18.7 Å². The summed E-state index contributed by atoms with van der Waals surface area (Å²) in [5, 5.41) is 4.63. The van der Waals surface area contributed by atoms with Crippen LogP contribution in [0.3, 0.4) is 0 Å². The van der Waals surface area contributed by atoms with E-state index in [-0.39, 0.29) is 12.5 Å². The number of carbonyl (C=O) groups is 1. The summed E-state index contributed by atoms with van der Waals surface area (Å²) in [7, 11) is 0. The molecule has 0 bridgehead atoms. The van der Waals surface area contributed by atoms with Gasteiger partial charge in [-0.1, -0.05) is 41.9 Å². The SMILES string of the molecule is O=C(COc1ccccc1)NCCN1CCN(c2nc(Cc3ccc(Cl)cc3)ns2)CC1. The lowest BCUT2D eigenvalue weighted by atomic mass is 10.1. The second kappa shape index (κ2) is 11.3. The van der Waals surface area contributed by atoms with Gasteiger partial charge >= 0.3 is 0 Å². The lowest BCUT2D eigenvalue weighted by molar-refractivity contribution is -0.123. The molecular weight excluding hydrogens is 446 g/mol. The van der Waals surface area contributed by atoms with E-state index in [1.807, 2.05) is 54.6 Å². The lowest BCUT2D eigenvalue weighted by Gasteiger charge is -2.34. The number of ether oxygens (including phenoxy) is 1. The van der Waals surface area contributed by atoms with Gasteiger partial charge in [-0.15, -0.1) is 0 Å². The summed E-state index contributed by atoms with van der Waals surface area (Å²) in [6.45, 7) is 5.14. The summed E-state index contributed by atoms with van der Waals surface area (Å²) < 4.78 is 9.99. The first-order valence-corrected chi connectivity index (χ1v) is 11.8. The summed E-state index contributed by atoms with van der Waals surface area (Å²) >= 11 is 7.40. The maximum absolute atomic E-state index is 12.0. The van der Waals surface area contributed by atoms with Crippen LogP contribution >= 0.6 is 23.1 Å². The first-order chi connectivity index (χ1) is 15.7. The molecule has 2 aromatic carbocycles. The number of carbonyl (C=O) groups excluding carboxylic acids is 1. The molecule has 0 spiro atoms. The molecule has 1 amide bonds. The third kappa shape index (κ3) is 6.66.